The Morgan fingerprint density at radius 1 is 0.962 bits per heavy atom. The summed E-state index contributed by atoms with van der Waals surface area (Å²) in [4.78, 5) is 29.1. The summed E-state index contributed by atoms with van der Waals surface area (Å²) >= 11 is 0. The second kappa shape index (κ2) is 6.92. The molecule has 0 bridgehead atoms. The average molecular weight is 349 g/mol. The highest BCUT2D eigenvalue weighted by molar-refractivity contribution is 5.99. The van der Waals surface area contributed by atoms with E-state index < -0.39 is 0 Å². The molecular weight excluding hydrogens is 326 g/mol. The molecule has 2 aromatic rings. The lowest BCUT2D eigenvalue weighted by molar-refractivity contribution is -0.126. The fraction of sp³-hybridized carbons (Fsp3) is 0.333. The second-order valence-corrected chi connectivity index (χ2v) is 7.04. The van der Waals surface area contributed by atoms with Gasteiger partial charge in [0.1, 0.15) is 0 Å². The first-order valence-corrected chi connectivity index (χ1v) is 9.13. The Morgan fingerprint density at radius 3 is 2.42 bits per heavy atom. The molecule has 1 saturated heterocycles. The number of hydrogen-bond acceptors (Lipinski definition) is 3. The van der Waals surface area contributed by atoms with Crippen molar-refractivity contribution < 1.29 is 9.59 Å². The van der Waals surface area contributed by atoms with Crippen LogP contribution in [0.15, 0.2) is 54.6 Å². The van der Waals surface area contributed by atoms with Gasteiger partial charge in [0.05, 0.1) is 12.1 Å². The van der Waals surface area contributed by atoms with E-state index in [0.29, 0.717) is 25.9 Å². The van der Waals surface area contributed by atoms with E-state index in [1.807, 2.05) is 58.3 Å². The Kier molecular flexibility index (Phi) is 4.47. The number of carbonyl (C=O) groups is 2. The minimum atomic E-state index is -0.387. The van der Waals surface area contributed by atoms with Gasteiger partial charge in [-0.05, 0) is 36.5 Å². The fourth-order valence-electron chi connectivity index (χ4n) is 4.20. The van der Waals surface area contributed by atoms with Crippen molar-refractivity contribution in [3.05, 3.63) is 65.7 Å². The Bertz CT molecular complexity index is 821. The van der Waals surface area contributed by atoms with E-state index in [2.05, 4.69) is 6.07 Å². The van der Waals surface area contributed by atoms with Gasteiger partial charge >= 0.3 is 0 Å². The second-order valence-electron chi connectivity index (χ2n) is 7.04. The highest BCUT2D eigenvalue weighted by Gasteiger charge is 2.43. The van der Waals surface area contributed by atoms with Crippen molar-refractivity contribution in [2.24, 2.45) is 5.73 Å². The summed E-state index contributed by atoms with van der Waals surface area (Å²) < 4.78 is 0. The van der Waals surface area contributed by atoms with Gasteiger partial charge in [-0.1, -0.05) is 48.5 Å². The Morgan fingerprint density at radius 2 is 1.65 bits per heavy atom. The molecule has 2 aliphatic rings. The lowest BCUT2D eigenvalue weighted by Gasteiger charge is -2.31. The fourth-order valence-corrected chi connectivity index (χ4v) is 4.20. The summed E-state index contributed by atoms with van der Waals surface area (Å²) in [6.07, 6.45) is 2.18. The van der Waals surface area contributed by atoms with Crippen LogP contribution in [0.4, 0.5) is 5.69 Å². The molecule has 2 aliphatic heterocycles. The molecule has 4 rings (SSSR count). The van der Waals surface area contributed by atoms with Gasteiger partial charge in [0, 0.05) is 18.8 Å². The number of rotatable bonds is 4. The van der Waals surface area contributed by atoms with Crippen molar-refractivity contribution in [1.29, 1.82) is 0 Å². The van der Waals surface area contributed by atoms with E-state index in [-0.39, 0.29) is 23.9 Å². The van der Waals surface area contributed by atoms with Crippen LogP contribution in [0, 0.1) is 0 Å². The number of anilines is 1. The van der Waals surface area contributed by atoms with Crippen molar-refractivity contribution in [2.45, 2.75) is 37.9 Å². The molecule has 0 aliphatic carbocycles. The molecule has 0 unspecified atom stereocenters. The third-order valence-corrected chi connectivity index (χ3v) is 5.49. The molecule has 26 heavy (non-hydrogen) atoms. The summed E-state index contributed by atoms with van der Waals surface area (Å²) in [6, 6.07) is 17.3. The summed E-state index contributed by atoms with van der Waals surface area (Å²) in [5.41, 5.74) is 8.92. The quantitative estimate of drug-likeness (QED) is 0.919. The first-order chi connectivity index (χ1) is 12.6. The third kappa shape index (κ3) is 2.99. The lowest BCUT2D eigenvalue weighted by atomic mass is 10.1. The zero-order chi connectivity index (χ0) is 18.1. The minimum Gasteiger partial charge on any atom is -0.368 e. The molecule has 0 radical (unpaired) electrons. The van der Waals surface area contributed by atoms with E-state index in [0.717, 1.165) is 17.7 Å². The maximum Gasteiger partial charge on any atom is 0.244 e. The molecule has 0 spiro atoms. The molecule has 5 nitrogen and oxygen atoms in total. The number of nitrogens with two attached hydrogens (primary N) is 1. The number of benzene rings is 2. The van der Waals surface area contributed by atoms with Gasteiger partial charge in [0.15, 0.2) is 0 Å². The van der Waals surface area contributed by atoms with Crippen LogP contribution >= 0.6 is 0 Å². The molecule has 2 aromatic carbocycles. The molecule has 2 N–H and O–H groups in total. The van der Waals surface area contributed by atoms with Crippen molar-refractivity contribution >= 4 is 17.5 Å². The summed E-state index contributed by atoms with van der Waals surface area (Å²) in [6.45, 7) is 1.26. The first-order valence-electron chi connectivity index (χ1n) is 9.13. The van der Waals surface area contributed by atoms with Crippen LogP contribution in [0.5, 0.6) is 0 Å². The van der Waals surface area contributed by atoms with E-state index in [1.165, 1.54) is 5.56 Å². The van der Waals surface area contributed by atoms with Crippen LogP contribution in [0.2, 0.25) is 0 Å². The van der Waals surface area contributed by atoms with Crippen LogP contribution in [-0.4, -0.2) is 35.3 Å². The molecule has 2 amide bonds. The lowest BCUT2D eigenvalue weighted by Crippen LogP contribution is -2.50. The number of para-hydroxylation sites is 1. The molecule has 134 valence electrons. The highest BCUT2D eigenvalue weighted by atomic mass is 16.2. The zero-order valence-electron chi connectivity index (χ0n) is 14.7. The molecule has 5 heteroatoms. The molecule has 0 saturated carbocycles. The van der Waals surface area contributed by atoms with E-state index in [9.17, 15) is 9.59 Å². The van der Waals surface area contributed by atoms with Crippen molar-refractivity contribution in [3.63, 3.8) is 0 Å². The molecule has 2 heterocycles. The van der Waals surface area contributed by atoms with Gasteiger partial charge in [-0.2, -0.15) is 0 Å². The van der Waals surface area contributed by atoms with E-state index in [1.54, 1.807) is 0 Å². The predicted molar refractivity (Wildman–Crippen MR) is 100 cm³/mol. The molecular formula is C21H23N3O2. The van der Waals surface area contributed by atoms with Crippen molar-refractivity contribution in [2.75, 3.05) is 11.4 Å². The number of amides is 2. The summed E-state index contributed by atoms with van der Waals surface area (Å²) in [7, 11) is 0. The van der Waals surface area contributed by atoms with Gasteiger partial charge in [-0.3, -0.25) is 14.5 Å². The maximum atomic E-state index is 13.3. The number of likely N-dealkylation sites (tertiary alicyclic amines) is 1. The molecule has 2 atom stereocenters. The minimum absolute atomic E-state index is 0.0784. The summed E-state index contributed by atoms with van der Waals surface area (Å²) in [5.74, 6) is -0.271. The largest absolute Gasteiger partial charge is 0.368 e. The Hall–Kier alpha value is -2.66. The smallest absolute Gasteiger partial charge is 0.244 e. The summed E-state index contributed by atoms with van der Waals surface area (Å²) in [5, 5.41) is 0. The van der Waals surface area contributed by atoms with Crippen molar-refractivity contribution in [1.82, 2.24) is 4.90 Å². The van der Waals surface area contributed by atoms with Crippen molar-refractivity contribution in [3.8, 4) is 0 Å². The van der Waals surface area contributed by atoms with Crippen LogP contribution in [0.3, 0.4) is 0 Å². The normalized spacial score (nSPS) is 22.4. The van der Waals surface area contributed by atoms with Crippen LogP contribution < -0.4 is 10.6 Å². The Balaban J connectivity index is 1.60. The van der Waals surface area contributed by atoms with Crippen LogP contribution in [-0.2, 0) is 22.6 Å². The van der Waals surface area contributed by atoms with Gasteiger partial charge in [0.25, 0.3) is 0 Å². The van der Waals surface area contributed by atoms with Crippen LogP contribution in [0.25, 0.3) is 0 Å². The number of primary amides is 1. The predicted octanol–water partition coefficient (Wildman–Crippen LogP) is 2.09. The molecule has 0 aromatic heterocycles. The number of hydrogen-bond donors (Lipinski definition) is 1. The average Bonchev–Trinajstić information content (AvgIpc) is 3.26. The van der Waals surface area contributed by atoms with Gasteiger partial charge < -0.3 is 10.6 Å². The Labute approximate surface area is 153 Å². The van der Waals surface area contributed by atoms with Crippen LogP contribution in [0.1, 0.15) is 24.0 Å². The van der Waals surface area contributed by atoms with Gasteiger partial charge in [-0.15, -0.1) is 0 Å². The van der Waals surface area contributed by atoms with E-state index >= 15 is 0 Å². The molecule has 1 fully saturated rings. The number of carbonyl (C=O) groups excluding carboxylic acids is 2. The monoisotopic (exact) mass is 349 g/mol. The maximum absolute atomic E-state index is 13.3. The number of fused-ring (bicyclic) bond motifs is 1. The van der Waals surface area contributed by atoms with E-state index in [4.69, 9.17) is 5.73 Å². The van der Waals surface area contributed by atoms with Gasteiger partial charge in [-0.25, -0.2) is 0 Å². The topological polar surface area (TPSA) is 66.6 Å². The SMILES string of the molecule is NC(=O)[C@@H]1CC[C@H](C(=O)N2CCc3ccccc32)N1Cc1ccccc1. The zero-order valence-corrected chi connectivity index (χ0v) is 14.7. The first kappa shape index (κ1) is 16.8. The third-order valence-electron chi connectivity index (χ3n) is 5.49. The number of nitrogens with zero attached hydrogens (tertiary/aromatic N) is 2. The highest BCUT2D eigenvalue weighted by Crippen LogP contribution is 2.33. The standard InChI is InChI=1S/C21H23N3O2/c22-20(25)18-10-11-19(24(18)14-15-6-2-1-3-7-15)21(26)23-13-12-16-8-4-5-9-17(16)23/h1-9,18-19H,10-14H2,(H2,22,25)/t18-,19+/m0/s1. The van der Waals surface area contributed by atoms with Gasteiger partial charge in [0.2, 0.25) is 11.8 Å².